The second kappa shape index (κ2) is 15.3. The van der Waals surface area contributed by atoms with Crippen LogP contribution in [0.15, 0.2) is 233 Å². The molecule has 0 radical (unpaired) electrons. The molecule has 0 amide bonds. The van der Waals surface area contributed by atoms with E-state index in [0.29, 0.717) is 11.5 Å². The number of rotatable bonds is 5. The summed E-state index contributed by atoms with van der Waals surface area (Å²) in [6.07, 6.45) is 0. The summed E-state index contributed by atoms with van der Waals surface area (Å²) in [4.78, 5) is 11.1. The Labute approximate surface area is 417 Å². The summed E-state index contributed by atoms with van der Waals surface area (Å²) in [5, 5.41) is 6.79. The lowest BCUT2D eigenvalue weighted by molar-refractivity contribution is 0.669. The third-order valence-electron chi connectivity index (χ3n) is 15.1. The zero-order valence-electron chi connectivity index (χ0n) is 38.5. The van der Waals surface area contributed by atoms with Crippen molar-refractivity contribution in [2.24, 2.45) is 9.98 Å². The molecule has 3 heterocycles. The number of furan rings is 1. The second-order valence-corrected chi connectivity index (χ2v) is 20.9. The molecule has 0 bridgehead atoms. The summed E-state index contributed by atoms with van der Waals surface area (Å²) in [5.41, 5.74) is 18.4. The van der Waals surface area contributed by atoms with Gasteiger partial charge in [0.15, 0.2) is 5.84 Å². The molecule has 5 heteroatoms. The third kappa shape index (κ3) is 5.76. The maximum atomic E-state index is 6.73. The van der Waals surface area contributed by atoms with Gasteiger partial charge in [-0.15, -0.1) is 22.7 Å². The predicted molar refractivity (Wildman–Crippen MR) is 302 cm³/mol. The summed E-state index contributed by atoms with van der Waals surface area (Å²) in [6.45, 7) is 6.80. The molecule has 2 aliphatic carbocycles. The van der Waals surface area contributed by atoms with Gasteiger partial charge in [0.2, 0.25) is 0 Å². The van der Waals surface area contributed by atoms with Gasteiger partial charge in [-0.25, -0.2) is 9.98 Å². The van der Waals surface area contributed by atoms with Gasteiger partial charge < -0.3 is 4.42 Å². The summed E-state index contributed by atoms with van der Waals surface area (Å²) in [7, 11) is 0. The lowest BCUT2D eigenvalue weighted by Gasteiger charge is -2.30. The van der Waals surface area contributed by atoms with Crippen LogP contribution in [0.1, 0.15) is 45.9 Å². The van der Waals surface area contributed by atoms with Crippen molar-refractivity contribution < 1.29 is 4.42 Å². The smallest absolute Gasteiger partial charge is 0.160 e. The molecule has 0 N–H and O–H groups in total. The normalized spacial score (nSPS) is 13.8. The van der Waals surface area contributed by atoms with Gasteiger partial charge in [-0.05, 0) is 111 Å². The molecule has 1 spiro atoms. The lowest BCUT2D eigenvalue weighted by Crippen LogP contribution is -2.25. The van der Waals surface area contributed by atoms with Crippen LogP contribution >= 0.6 is 22.7 Å². The Kier molecular flexibility index (Phi) is 8.68. The van der Waals surface area contributed by atoms with Crippen molar-refractivity contribution >= 4 is 102 Å². The number of hydrogen-bond donors (Lipinski definition) is 0. The number of aliphatic imine (C=N–C) groups is 2. The minimum absolute atomic E-state index is 0.389. The van der Waals surface area contributed by atoms with Gasteiger partial charge in [-0.2, -0.15) is 0 Å². The highest BCUT2D eigenvalue weighted by Crippen LogP contribution is 2.63. The van der Waals surface area contributed by atoms with Crippen molar-refractivity contribution in [3.63, 3.8) is 0 Å². The lowest BCUT2D eigenvalue weighted by atomic mass is 9.70. The minimum atomic E-state index is -0.389. The fraction of sp³-hybridized carbons (Fsp3) is 0.0303. The zero-order chi connectivity index (χ0) is 47.0. The fourth-order valence-corrected chi connectivity index (χ4v) is 14.4. The van der Waals surface area contributed by atoms with E-state index in [1.165, 1.54) is 79.5 Å². The first-order valence-electron chi connectivity index (χ1n) is 24.1. The van der Waals surface area contributed by atoms with Crippen LogP contribution < -0.4 is 0 Å². The van der Waals surface area contributed by atoms with Crippen molar-refractivity contribution in [2.45, 2.75) is 12.3 Å². The fourth-order valence-electron chi connectivity index (χ4n) is 12.1. The molecule has 332 valence electrons. The van der Waals surface area contributed by atoms with Gasteiger partial charge in [0.1, 0.15) is 11.2 Å². The van der Waals surface area contributed by atoms with Crippen molar-refractivity contribution in [3.05, 3.63) is 258 Å². The molecular formula is C66H40N2OS2. The molecule has 0 aliphatic heterocycles. The van der Waals surface area contributed by atoms with Crippen LogP contribution in [0.3, 0.4) is 0 Å². The molecule has 0 atom stereocenters. The molecule has 71 heavy (non-hydrogen) atoms. The SMILES string of the molecule is C=C(N=C(N=C(C)c1cccc2sc3ccccc3c12)c1cccc2oc3ccc(-c4ccc5c(c4)-c4ccccc4C54c5ccccc5-c5ccccc54)cc3c12)c1cccc2sc3ccccc3c12. The van der Waals surface area contributed by atoms with E-state index >= 15 is 0 Å². The number of hydrogen-bond acceptors (Lipinski definition) is 4. The van der Waals surface area contributed by atoms with E-state index in [-0.39, 0.29) is 5.41 Å². The number of thiophene rings is 2. The van der Waals surface area contributed by atoms with Crippen LogP contribution in [-0.4, -0.2) is 11.5 Å². The van der Waals surface area contributed by atoms with Crippen molar-refractivity contribution in [1.29, 1.82) is 0 Å². The Morgan fingerprint density at radius 2 is 0.915 bits per heavy atom. The Balaban J connectivity index is 0.923. The molecular weight excluding hydrogens is 901 g/mol. The van der Waals surface area contributed by atoms with Gasteiger partial charge >= 0.3 is 0 Å². The number of amidine groups is 1. The molecule has 0 saturated heterocycles. The van der Waals surface area contributed by atoms with Crippen LogP contribution in [0.4, 0.5) is 0 Å². The van der Waals surface area contributed by atoms with E-state index in [9.17, 15) is 0 Å². The van der Waals surface area contributed by atoms with E-state index in [1.54, 1.807) is 11.3 Å². The van der Waals surface area contributed by atoms with Crippen LogP contribution in [0.2, 0.25) is 0 Å². The molecule has 0 saturated carbocycles. The van der Waals surface area contributed by atoms with Crippen LogP contribution in [0.5, 0.6) is 0 Å². The predicted octanol–water partition coefficient (Wildman–Crippen LogP) is 18.3. The summed E-state index contributed by atoms with van der Waals surface area (Å²) in [5.74, 6) is 0.579. The monoisotopic (exact) mass is 940 g/mol. The summed E-state index contributed by atoms with van der Waals surface area (Å²) >= 11 is 3.61. The molecule has 10 aromatic carbocycles. The van der Waals surface area contributed by atoms with E-state index in [2.05, 4.69) is 219 Å². The average molecular weight is 941 g/mol. The summed E-state index contributed by atoms with van der Waals surface area (Å²) in [6, 6.07) is 77.1. The first-order chi connectivity index (χ1) is 35.0. The summed E-state index contributed by atoms with van der Waals surface area (Å²) < 4.78 is 11.7. The molecule has 3 aromatic heterocycles. The van der Waals surface area contributed by atoms with Gasteiger partial charge in [-0.1, -0.05) is 170 Å². The highest BCUT2D eigenvalue weighted by atomic mass is 32.1. The zero-order valence-corrected chi connectivity index (χ0v) is 40.2. The number of benzene rings is 10. The van der Waals surface area contributed by atoms with Gasteiger partial charge in [0.25, 0.3) is 0 Å². The molecule has 2 aliphatic rings. The Bertz CT molecular complexity index is 4470. The first kappa shape index (κ1) is 40.4. The standard InChI is InChI=1S/C66H40N2OS2/c1-38(42-21-14-30-60-63(42)47-19-6-11-28-58(47)70-60)67-65(68-39(2)43-22-15-31-61-64(43)48-20-7-12-29-59(48)71-61)49-23-13-27-57-62(49)51-37-41(33-35-56(51)69-57)40-32-34-55-50(36-40)46-18-5-10-26-54(46)66(55)52-24-8-3-16-44(52)45-17-4-9-25-53(45)66/h3-37H,1H2,2H3. The average Bonchev–Trinajstić information content (AvgIpc) is 4.24. The Morgan fingerprint density at radius 3 is 1.59 bits per heavy atom. The van der Waals surface area contributed by atoms with Crippen LogP contribution in [-0.2, 0) is 5.41 Å². The molecule has 0 unspecified atom stereocenters. The topological polar surface area (TPSA) is 37.9 Å². The Hall–Kier alpha value is -8.48. The van der Waals surface area contributed by atoms with E-state index in [1.807, 2.05) is 11.3 Å². The molecule has 13 aromatic rings. The van der Waals surface area contributed by atoms with Crippen molar-refractivity contribution in [2.75, 3.05) is 0 Å². The van der Waals surface area contributed by atoms with E-state index in [4.69, 9.17) is 21.0 Å². The minimum Gasteiger partial charge on any atom is -0.456 e. The highest BCUT2D eigenvalue weighted by Gasteiger charge is 2.51. The van der Waals surface area contributed by atoms with E-state index in [0.717, 1.165) is 60.9 Å². The number of fused-ring (bicyclic) bond motifs is 19. The van der Waals surface area contributed by atoms with Crippen molar-refractivity contribution in [3.8, 4) is 33.4 Å². The number of nitrogens with zero attached hydrogens (tertiary/aromatic N) is 2. The molecule has 15 rings (SSSR count). The van der Waals surface area contributed by atoms with Crippen LogP contribution in [0.25, 0.3) is 101 Å². The highest BCUT2D eigenvalue weighted by molar-refractivity contribution is 7.26. The van der Waals surface area contributed by atoms with Crippen molar-refractivity contribution in [1.82, 2.24) is 0 Å². The quantitative estimate of drug-likeness (QED) is 0.125. The van der Waals surface area contributed by atoms with Crippen LogP contribution in [0, 0.1) is 0 Å². The maximum absolute atomic E-state index is 6.73. The molecule has 0 fully saturated rings. The first-order valence-corrected chi connectivity index (χ1v) is 25.7. The van der Waals surface area contributed by atoms with E-state index < -0.39 is 0 Å². The Morgan fingerprint density at radius 1 is 0.408 bits per heavy atom. The van der Waals surface area contributed by atoms with Gasteiger partial charge in [0, 0.05) is 73.5 Å². The maximum Gasteiger partial charge on any atom is 0.160 e. The third-order valence-corrected chi connectivity index (χ3v) is 17.4. The van der Waals surface area contributed by atoms with Gasteiger partial charge in [-0.3, -0.25) is 0 Å². The second-order valence-electron chi connectivity index (χ2n) is 18.8. The van der Waals surface area contributed by atoms with Gasteiger partial charge in [0.05, 0.1) is 11.1 Å². The molecule has 3 nitrogen and oxygen atoms in total. The largest absolute Gasteiger partial charge is 0.456 e.